The number of hydrogen-bond acceptors (Lipinski definition) is 4. The molecule has 0 aromatic heterocycles. The van der Waals surface area contributed by atoms with Crippen LogP contribution in [0.1, 0.15) is 58.8 Å². The summed E-state index contributed by atoms with van der Waals surface area (Å²) in [4.78, 5) is 12.0. The molecule has 23 heavy (non-hydrogen) atoms. The maximum Gasteiger partial charge on any atom is 0.497 e. The monoisotopic (exact) mass is 322 g/mol. The fourth-order valence-electron chi connectivity index (χ4n) is 2.15. The molecule has 0 aliphatic carbocycles. The van der Waals surface area contributed by atoms with E-state index in [1.807, 2.05) is 27.7 Å². The van der Waals surface area contributed by atoms with Gasteiger partial charge in [0.1, 0.15) is 11.4 Å². The van der Waals surface area contributed by atoms with Gasteiger partial charge in [-0.3, -0.25) is 0 Å². The first-order chi connectivity index (χ1) is 10.3. The van der Waals surface area contributed by atoms with Gasteiger partial charge in [-0.25, -0.2) is 9.18 Å². The molecule has 1 heterocycles. The van der Waals surface area contributed by atoms with Gasteiger partial charge in [0.15, 0.2) is 0 Å². The molecule has 0 unspecified atom stereocenters. The van der Waals surface area contributed by atoms with Gasteiger partial charge < -0.3 is 14.0 Å². The Balaban J connectivity index is 2.23. The van der Waals surface area contributed by atoms with Crippen LogP contribution in [0.15, 0.2) is 18.2 Å². The SMILES string of the molecule is CC(C)(C)OC(=O)c1ccc(B2OC(C)(C)C(C)(C)O2)c(F)c1. The number of ether oxygens (including phenoxy) is 1. The first-order valence-corrected chi connectivity index (χ1v) is 7.71. The van der Waals surface area contributed by atoms with E-state index in [-0.39, 0.29) is 11.0 Å². The Kier molecular flexibility index (Phi) is 4.37. The Morgan fingerprint density at radius 1 is 1.13 bits per heavy atom. The van der Waals surface area contributed by atoms with Crippen LogP contribution >= 0.6 is 0 Å². The van der Waals surface area contributed by atoms with E-state index in [4.69, 9.17) is 14.0 Å². The maximum absolute atomic E-state index is 14.4. The molecular formula is C17H24BFO4. The summed E-state index contributed by atoms with van der Waals surface area (Å²) in [6.45, 7) is 12.9. The molecule has 1 aromatic carbocycles. The summed E-state index contributed by atoms with van der Waals surface area (Å²) in [6, 6.07) is 4.20. The highest BCUT2D eigenvalue weighted by atomic mass is 19.1. The zero-order chi connectivity index (χ0) is 17.6. The number of halogens is 1. The summed E-state index contributed by atoms with van der Waals surface area (Å²) >= 11 is 0. The van der Waals surface area contributed by atoms with Crippen molar-refractivity contribution in [1.82, 2.24) is 0 Å². The van der Waals surface area contributed by atoms with Crippen LogP contribution in [0.5, 0.6) is 0 Å². The van der Waals surface area contributed by atoms with E-state index in [2.05, 4.69) is 0 Å². The van der Waals surface area contributed by atoms with Gasteiger partial charge >= 0.3 is 13.1 Å². The van der Waals surface area contributed by atoms with E-state index in [0.29, 0.717) is 0 Å². The van der Waals surface area contributed by atoms with Crippen LogP contribution in [0, 0.1) is 5.82 Å². The number of rotatable bonds is 2. The highest BCUT2D eigenvalue weighted by molar-refractivity contribution is 6.62. The first kappa shape index (κ1) is 18.0. The second-order valence-corrected chi connectivity index (χ2v) is 7.83. The Morgan fingerprint density at radius 2 is 1.65 bits per heavy atom. The lowest BCUT2D eigenvalue weighted by Crippen LogP contribution is -2.41. The first-order valence-electron chi connectivity index (χ1n) is 7.71. The highest BCUT2D eigenvalue weighted by Crippen LogP contribution is 2.36. The van der Waals surface area contributed by atoms with Crippen molar-refractivity contribution in [3.8, 4) is 0 Å². The number of esters is 1. The van der Waals surface area contributed by atoms with E-state index in [1.165, 1.54) is 12.1 Å². The molecule has 2 rings (SSSR count). The van der Waals surface area contributed by atoms with Crippen LogP contribution in [-0.2, 0) is 14.0 Å². The van der Waals surface area contributed by atoms with Crippen molar-refractivity contribution in [2.45, 2.75) is 65.3 Å². The van der Waals surface area contributed by atoms with E-state index >= 15 is 0 Å². The van der Waals surface area contributed by atoms with Crippen molar-refractivity contribution in [3.63, 3.8) is 0 Å². The van der Waals surface area contributed by atoms with E-state index < -0.39 is 35.7 Å². The molecule has 0 bridgehead atoms. The third kappa shape index (κ3) is 3.75. The molecule has 0 atom stereocenters. The number of hydrogen-bond donors (Lipinski definition) is 0. The molecule has 0 saturated carbocycles. The van der Waals surface area contributed by atoms with Crippen molar-refractivity contribution in [1.29, 1.82) is 0 Å². The van der Waals surface area contributed by atoms with Gasteiger partial charge in [0.25, 0.3) is 0 Å². The van der Waals surface area contributed by atoms with Crippen LogP contribution in [0.25, 0.3) is 0 Å². The maximum atomic E-state index is 14.4. The minimum Gasteiger partial charge on any atom is -0.456 e. The van der Waals surface area contributed by atoms with Gasteiger partial charge in [0.2, 0.25) is 0 Å². The summed E-state index contributed by atoms with van der Waals surface area (Å²) in [6.07, 6.45) is 0. The van der Waals surface area contributed by atoms with Gasteiger partial charge in [-0.2, -0.15) is 0 Å². The molecule has 0 N–H and O–H groups in total. The largest absolute Gasteiger partial charge is 0.497 e. The lowest BCUT2D eigenvalue weighted by molar-refractivity contribution is 0.00578. The van der Waals surface area contributed by atoms with Crippen molar-refractivity contribution < 1.29 is 23.2 Å². The van der Waals surface area contributed by atoms with Crippen LogP contribution in [0.4, 0.5) is 4.39 Å². The third-order valence-electron chi connectivity index (χ3n) is 4.14. The summed E-state index contributed by atoms with van der Waals surface area (Å²) in [5, 5.41) is 0. The van der Waals surface area contributed by atoms with Gasteiger partial charge in [0, 0.05) is 5.46 Å². The molecular weight excluding hydrogens is 298 g/mol. The average molecular weight is 322 g/mol. The molecule has 6 heteroatoms. The van der Waals surface area contributed by atoms with E-state index in [1.54, 1.807) is 20.8 Å². The number of carbonyl (C=O) groups is 1. The smallest absolute Gasteiger partial charge is 0.456 e. The molecule has 1 saturated heterocycles. The Morgan fingerprint density at radius 3 is 2.09 bits per heavy atom. The molecule has 1 aliphatic heterocycles. The summed E-state index contributed by atoms with van der Waals surface area (Å²) < 4.78 is 31.3. The molecule has 0 amide bonds. The number of benzene rings is 1. The minimum atomic E-state index is -0.798. The predicted molar refractivity (Wildman–Crippen MR) is 87.3 cm³/mol. The standard InChI is InChI=1S/C17H24BFO4/c1-15(2,3)21-14(20)11-8-9-12(13(19)10-11)18-22-16(4,5)17(6,7)23-18/h8-10H,1-7H3. The average Bonchev–Trinajstić information content (AvgIpc) is 2.55. The third-order valence-corrected chi connectivity index (χ3v) is 4.14. The van der Waals surface area contributed by atoms with Gasteiger partial charge in [-0.1, -0.05) is 6.07 Å². The van der Waals surface area contributed by atoms with Crippen molar-refractivity contribution in [2.75, 3.05) is 0 Å². The predicted octanol–water partition coefficient (Wildman–Crippen LogP) is 3.08. The number of carbonyl (C=O) groups excluding carboxylic acids is 1. The summed E-state index contributed by atoms with van der Waals surface area (Å²) in [7, 11) is -0.798. The van der Waals surface area contributed by atoms with Crippen LogP contribution in [0.3, 0.4) is 0 Å². The zero-order valence-electron chi connectivity index (χ0n) is 14.8. The second-order valence-electron chi connectivity index (χ2n) is 7.83. The Hall–Kier alpha value is -1.40. The van der Waals surface area contributed by atoms with Crippen molar-refractivity contribution in [2.24, 2.45) is 0 Å². The Bertz CT molecular complexity index is 604. The summed E-state index contributed by atoms with van der Waals surface area (Å²) in [5.41, 5.74) is -1.28. The fourth-order valence-corrected chi connectivity index (χ4v) is 2.15. The van der Waals surface area contributed by atoms with Crippen molar-refractivity contribution >= 4 is 18.6 Å². The van der Waals surface area contributed by atoms with E-state index in [9.17, 15) is 9.18 Å². The van der Waals surface area contributed by atoms with E-state index in [0.717, 1.165) is 6.07 Å². The molecule has 1 fully saturated rings. The van der Waals surface area contributed by atoms with Gasteiger partial charge in [0.05, 0.1) is 16.8 Å². The minimum absolute atomic E-state index is 0.165. The molecule has 0 spiro atoms. The van der Waals surface area contributed by atoms with Crippen LogP contribution < -0.4 is 5.46 Å². The molecule has 4 nitrogen and oxygen atoms in total. The molecule has 126 valence electrons. The van der Waals surface area contributed by atoms with Crippen LogP contribution in [0.2, 0.25) is 0 Å². The van der Waals surface area contributed by atoms with Gasteiger partial charge in [-0.05, 0) is 60.6 Å². The fraction of sp³-hybridized carbons (Fsp3) is 0.588. The zero-order valence-corrected chi connectivity index (χ0v) is 14.8. The quantitative estimate of drug-likeness (QED) is 0.620. The van der Waals surface area contributed by atoms with Crippen molar-refractivity contribution in [3.05, 3.63) is 29.6 Å². The van der Waals surface area contributed by atoms with Crippen LogP contribution in [-0.4, -0.2) is 29.9 Å². The highest BCUT2D eigenvalue weighted by Gasteiger charge is 2.52. The second kappa shape index (κ2) is 5.60. The summed E-state index contributed by atoms with van der Waals surface area (Å²) in [5.74, 6) is -1.11. The Labute approximate surface area is 137 Å². The molecule has 1 aromatic rings. The van der Waals surface area contributed by atoms with Gasteiger partial charge in [-0.15, -0.1) is 0 Å². The molecule has 0 radical (unpaired) electrons. The lowest BCUT2D eigenvalue weighted by Gasteiger charge is -2.32. The molecule has 1 aliphatic rings. The lowest BCUT2D eigenvalue weighted by atomic mass is 9.78. The normalized spacial score (nSPS) is 19.7. The topological polar surface area (TPSA) is 44.8 Å².